The van der Waals surface area contributed by atoms with Crippen molar-refractivity contribution >= 4 is 11.9 Å². The van der Waals surface area contributed by atoms with Gasteiger partial charge in [-0.15, -0.1) is 0 Å². The summed E-state index contributed by atoms with van der Waals surface area (Å²) in [7, 11) is 0. The molecule has 0 saturated heterocycles. The topological polar surface area (TPSA) is 80.3 Å². The molecule has 45 heavy (non-hydrogen) atoms. The summed E-state index contributed by atoms with van der Waals surface area (Å²) in [5.74, 6) is -2.36. The predicted octanol–water partition coefficient (Wildman–Crippen LogP) is 9.31. The van der Waals surface area contributed by atoms with Gasteiger partial charge < -0.3 is 19.8 Å². The van der Waals surface area contributed by atoms with Crippen LogP contribution in [0.1, 0.15) is 117 Å². The van der Waals surface area contributed by atoms with Crippen LogP contribution in [-0.4, -0.2) is 11.9 Å². The number of carboxylic acid groups (broad SMARTS) is 2. The second kappa shape index (κ2) is 43.4. The van der Waals surface area contributed by atoms with Gasteiger partial charge in [0, 0.05) is 0 Å². The summed E-state index contributed by atoms with van der Waals surface area (Å²) in [4.78, 5) is 20.2. The van der Waals surface area contributed by atoms with E-state index in [0.717, 1.165) is 25.0 Å². The van der Waals surface area contributed by atoms with Crippen LogP contribution in [0.15, 0.2) is 122 Å². The Balaban J connectivity index is -0.000000767. The average molecular weight is 715 g/mol. The van der Waals surface area contributed by atoms with Crippen molar-refractivity contribution in [2.75, 3.05) is 0 Å². The fraction of sp³-hybridized carbons (Fsp3) is 0.450. The molecule has 4 nitrogen and oxygen atoms in total. The summed E-state index contributed by atoms with van der Waals surface area (Å²) in [6, 6.07) is 0. The van der Waals surface area contributed by atoms with Crippen molar-refractivity contribution in [1.82, 2.24) is 0 Å². The molecule has 0 bridgehead atoms. The van der Waals surface area contributed by atoms with E-state index in [4.69, 9.17) is 0 Å². The van der Waals surface area contributed by atoms with Crippen molar-refractivity contribution < 1.29 is 47.1 Å². The van der Waals surface area contributed by atoms with Gasteiger partial charge in [0.25, 0.3) is 0 Å². The first-order valence-electron chi connectivity index (χ1n) is 16.6. The van der Waals surface area contributed by atoms with Crippen LogP contribution in [0.25, 0.3) is 0 Å². The molecule has 0 radical (unpaired) electrons. The van der Waals surface area contributed by atoms with Crippen molar-refractivity contribution in [2.45, 2.75) is 117 Å². The van der Waals surface area contributed by atoms with Crippen molar-refractivity contribution in [2.24, 2.45) is 0 Å². The standard InChI is InChI=1S/2C20H30O2.Cd/c2*1-2-3-4-5-6-7-8-9-10-11-12-13-14-15-16-17-18-19-20(21)22;/h2*10-19H,2-9H2,1H3,(H,21,22);/q;;+2/p-2/b2*11-10+,13-12+,15-14+,17-16+,19-18+;. The summed E-state index contributed by atoms with van der Waals surface area (Å²) >= 11 is 0. The van der Waals surface area contributed by atoms with Gasteiger partial charge in [-0.25, -0.2) is 0 Å². The zero-order valence-electron chi connectivity index (χ0n) is 28.2. The van der Waals surface area contributed by atoms with Crippen LogP contribution in [-0.2, 0) is 36.9 Å². The first-order chi connectivity index (χ1) is 21.5. The van der Waals surface area contributed by atoms with Gasteiger partial charge in [0.2, 0.25) is 0 Å². The number of unbranched alkanes of at least 4 members (excludes halogenated alkanes) is 14. The zero-order chi connectivity index (χ0) is 32.6. The van der Waals surface area contributed by atoms with E-state index >= 15 is 0 Å². The van der Waals surface area contributed by atoms with Gasteiger partial charge >= 0.3 is 27.3 Å². The third-order valence-electron chi connectivity index (χ3n) is 6.24. The number of carbonyl (C=O) groups is 2. The molecule has 0 aliphatic rings. The number of hydrogen-bond acceptors (Lipinski definition) is 4. The van der Waals surface area contributed by atoms with E-state index in [1.54, 1.807) is 24.3 Å². The molecule has 0 unspecified atom stereocenters. The zero-order valence-corrected chi connectivity index (χ0v) is 32.2. The minimum Gasteiger partial charge on any atom is -0.545 e. The Morgan fingerprint density at radius 2 is 0.622 bits per heavy atom. The van der Waals surface area contributed by atoms with Gasteiger partial charge in [0.05, 0.1) is 11.9 Å². The summed E-state index contributed by atoms with van der Waals surface area (Å²) in [6.07, 6.45) is 56.8. The first kappa shape index (κ1) is 46.7. The molecule has 0 aromatic heterocycles. The van der Waals surface area contributed by atoms with Gasteiger partial charge in [-0.3, -0.25) is 0 Å². The molecule has 0 atom stereocenters. The number of carbonyl (C=O) groups excluding carboxylic acids is 2. The molecular weight excluding hydrogens is 657 g/mol. The Labute approximate surface area is 295 Å². The molecule has 0 aliphatic heterocycles. The summed E-state index contributed by atoms with van der Waals surface area (Å²) in [5.41, 5.74) is 0. The smallest absolute Gasteiger partial charge is 0.545 e. The van der Waals surface area contributed by atoms with Crippen molar-refractivity contribution in [3.63, 3.8) is 0 Å². The van der Waals surface area contributed by atoms with Crippen LogP contribution in [0, 0.1) is 0 Å². The van der Waals surface area contributed by atoms with Gasteiger partial charge in [-0.2, -0.15) is 0 Å². The SMILES string of the molecule is CCCCCCCCC/C=C/C=C/C=C/C=C/C=C/C(=O)[O-].CCCCCCCCC/C=C/C=C/C=C/C=C/C=C/C(=O)[O-].[Cd+2]. The largest absolute Gasteiger partial charge is 2.00 e. The number of aliphatic carboxylic acids is 2. The third-order valence-corrected chi connectivity index (χ3v) is 6.24. The molecule has 0 aliphatic carbocycles. The normalized spacial score (nSPS) is 12.5. The fourth-order valence-electron chi connectivity index (χ4n) is 3.83. The minimum atomic E-state index is -1.18. The van der Waals surface area contributed by atoms with E-state index in [9.17, 15) is 19.8 Å². The Kier molecular flexibility index (Phi) is 45.0. The van der Waals surface area contributed by atoms with Crippen LogP contribution >= 0.6 is 0 Å². The van der Waals surface area contributed by atoms with Gasteiger partial charge in [-0.05, 0) is 37.8 Å². The van der Waals surface area contributed by atoms with E-state index < -0.39 is 11.9 Å². The molecule has 244 valence electrons. The first-order valence-corrected chi connectivity index (χ1v) is 16.6. The minimum absolute atomic E-state index is 0. The second-order valence-electron chi connectivity index (χ2n) is 10.3. The molecule has 0 rings (SSSR count). The number of rotatable bonds is 26. The monoisotopic (exact) mass is 716 g/mol. The summed E-state index contributed by atoms with van der Waals surface area (Å²) < 4.78 is 0. The molecule has 0 aromatic rings. The molecule has 0 saturated carbocycles. The van der Waals surface area contributed by atoms with E-state index in [-0.39, 0.29) is 27.3 Å². The molecule has 0 amide bonds. The number of carboxylic acids is 2. The maximum atomic E-state index is 10.1. The average Bonchev–Trinajstić information content (AvgIpc) is 3.00. The predicted molar refractivity (Wildman–Crippen MR) is 187 cm³/mol. The maximum Gasteiger partial charge on any atom is 2.00 e. The van der Waals surface area contributed by atoms with E-state index in [1.165, 1.54) is 102 Å². The van der Waals surface area contributed by atoms with Crippen molar-refractivity contribution in [1.29, 1.82) is 0 Å². The van der Waals surface area contributed by atoms with Gasteiger partial charge in [-0.1, -0.05) is 200 Å². The molecule has 0 fully saturated rings. The Morgan fingerprint density at radius 3 is 0.911 bits per heavy atom. The van der Waals surface area contributed by atoms with Crippen molar-refractivity contribution in [3.05, 3.63) is 122 Å². The van der Waals surface area contributed by atoms with Crippen LogP contribution in [0.4, 0.5) is 0 Å². The van der Waals surface area contributed by atoms with E-state index in [2.05, 4.69) is 38.2 Å². The van der Waals surface area contributed by atoms with Crippen LogP contribution in [0.2, 0.25) is 0 Å². The van der Waals surface area contributed by atoms with Gasteiger partial charge in [0.1, 0.15) is 0 Å². The summed E-state index contributed by atoms with van der Waals surface area (Å²) in [5, 5.41) is 20.2. The second-order valence-corrected chi connectivity index (χ2v) is 10.3. The Hall–Kier alpha value is -2.74. The third kappa shape index (κ3) is 51.2. The molecular formula is C40H58CdO4. The fourth-order valence-corrected chi connectivity index (χ4v) is 3.83. The van der Waals surface area contributed by atoms with Crippen LogP contribution < -0.4 is 10.2 Å². The summed E-state index contributed by atoms with van der Waals surface area (Å²) in [6.45, 7) is 4.50. The van der Waals surface area contributed by atoms with Crippen molar-refractivity contribution in [3.8, 4) is 0 Å². The van der Waals surface area contributed by atoms with Crippen LogP contribution in [0.3, 0.4) is 0 Å². The Bertz CT molecular complexity index is 881. The van der Waals surface area contributed by atoms with E-state index in [0.29, 0.717) is 0 Å². The quantitative estimate of drug-likeness (QED) is 0.0387. The van der Waals surface area contributed by atoms with Gasteiger partial charge in [0.15, 0.2) is 0 Å². The molecule has 0 N–H and O–H groups in total. The molecule has 0 aromatic carbocycles. The number of hydrogen-bond donors (Lipinski definition) is 0. The number of allylic oxidation sites excluding steroid dienone is 18. The molecule has 0 heterocycles. The van der Waals surface area contributed by atoms with E-state index in [1.807, 2.05) is 48.6 Å². The van der Waals surface area contributed by atoms with Crippen LogP contribution in [0.5, 0.6) is 0 Å². The maximum absolute atomic E-state index is 10.1. The molecule has 0 spiro atoms. The Morgan fingerprint density at radius 1 is 0.378 bits per heavy atom. The molecule has 5 heteroatoms.